The van der Waals surface area contributed by atoms with Crippen molar-refractivity contribution in [3.63, 3.8) is 0 Å². The van der Waals surface area contributed by atoms with Gasteiger partial charge < -0.3 is 4.74 Å². The van der Waals surface area contributed by atoms with Gasteiger partial charge in [-0.2, -0.15) is 4.39 Å². The van der Waals surface area contributed by atoms with Gasteiger partial charge in [0.2, 0.25) is 5.83 Å². The van der Waals surface area contributed by atoms with Gasteiger partial charge in [0.1, 0.15) is 0 Å². The van der Waals surface area contributed by atoms with Crippen molar-refractivity contribution in [1.29, 1.82) is 0 Å². The van der Waals surface area contributed by atoms with Crippen LogP contribution in [0.15, 0.2) is 48.3 Å². The van der Waals surface area contributed by atoms with Crippen LogP contribution in [-0.4, -0.2) is 12.6 Å². The standard InChI is InChI=1S/C15H13FO2/c1-2-18-15(17)14(16)10-12-8-5-7-11-6-3-4-9-13(11)12/h3-10H,2H2,1H3/b14-10-. The van der Waals surface area contributed by atoms with E-state index in [1.807, 2.05) is 36.4 Å². The Labute approximate surface area is 105 Å². The van der Waals surface area contributed by atoms with E-state index in [-0.39, 0.29) is 6.61 Å². The van der Waals surface area contributed by atoms with Crippen LogP contribution in [0, 0.1) is 0 Å². The predicted molar refractivity (Wildman–Crippen MR) is 69.7 cm³/mol. The normalized spacial score (nSPS) is 11.6. The molecule has 92 valence electrons. The lowest BCUT2D eigenvalue weighted by molar-refractivity contribution is -0.140. The molecule has 0 N–H and O–H groups in total. The molecule has 0 bridgehead atoms. The van der Waals surface area contributed by atoms with E-state index in [0.29, 0.717) is 5.56 Å². The molecule has 0 amide bonds. The van der Waals surface area contributed by atoms with E-state index >= 15 is 0 Å². The molecule has 0 aliphatic rings. The second-order valence-electron chi connectivity index (χ2n) is 3.78. The minimum absolute atomic E-state index is 0.162. The highest BCUT2D eigenvalue weighted by Crippen LogP contribution is 2.21. The highest BCUT2D eigenvalue weighted by Gasteiger charge is 2.10. The average molecular weight is 244 g/mol. The predicted octanol–water partition coefficient (Wildman–Crippen LogP) is 3.71. The minimum Gasteiger partial charge on any atom is -0.461 e. The smallest absolute Gasteiger partial charge is 0.367 e. The van der Waals surface area contributed by atoms with Crippen molar-refractivity contribution in [2.45, 2.75) is 6.92 Å². The van der Waals surface area contributed by atoms with Crippen molar-refractivity contribution in [1.82, 2.24) is 0 Å². The first-order valence-corrected chi connectivity index (χ1v) is 5.74. The van der Waals surface area contributed by atoms with Crippen LogP contribution in [-0.2, 0) is 9.53 Å². The molecule has 0 aromatic heterocycles. The molecule has 0 aliphatic heterocycles. The van der Waals surface area contributed by atoms with Gasteiger partial charge in [-0.1, -0.05) is 42.5 Å². The van der Waals surface area contributed by atoms with E-state index in [1.54, 1.807) is 13.0 Å². The van der Waals surface area contributed by atoms with E-state index in [2.05, 4.69) is 4.74 Å². The van der Waals surface area contributed by atoms with Crippen LogP contribution in [0.1, 0.15) is 12.5 Å². The molecule has 0 spiro atoms. The zero-order valence-electron chi connectivity index (χ0n) is 10.0. The SMILES string of the molecule is CCOC(=O)/C(F)=C/c1cccc2ccccc12. The molecule has 0 unspecified atom stereocenters. The van der Waals surface area contributed by atoms with Crippen LogP contribution in [0.25, 0.3) is 16.8 Å². The van der Waals surface area contributed by atoms with E-state index in [9.17, 15) is 9.18 Å². The Morgan fingerprint density at radius 2 is 1.94 bits per heavy atom. The second kappa shape index (κ2) is 5.45. The number of rotatable bonds is 3. The van der Waals surface area contributed by atoms with Crippen molar-refractivity contribution in [2.24, 2.45) is 0 Å². The maximum atomic E-state index is 13.6. The summed E-state index contributed by atoms with van der Waals surface area (Å²) in [6, 6.07) is 13.1. The molecule has 2 aromatic rings. The van der Waals surface area contributed by atoms with Crippen molar-refractivity contribution >= 4 is 22.8 Å². The van der Waals surface area contributed by atoms with Gasteiger partial charge in [-0.15, -0.1) is 0 Å². The molecule has 2 rings (SSSR count). The van der Waals surface area contributed by atoms with Crippen LogP contribution >= 0.6 is 0 Å². The third kappa shape index (κ3) is 2.56. The van der Waals surface area contributed by atoms with Crippen molar-refractivity contribution in [3.8, 4) is 0 Å². The van der Waals surface area contributed by atoms with E-state index in [0.717, 1.165) is 10.8 Å². The Kier molecular flexibility index (Phi) is 3.72. The lowest BCUT2D eigenvalue weighted by Gasteiger charge is -2.03. The maximum Gasteiger partial charge on any atom is 0.367 e. The highest BCUT2D eigenvalue weighted by atomic mass is 19.1. The summed E-state index contributed by atoms with van der Waals surface area (Å²) < 4.78 is 18.2. The van der Waals surface area contributed by atoms with Gasteiger partial charge in [0.25, 0.3) is 0 Å². The van der Waals surface area contributed by atoms with Crippen LogP contribution in [0.3, 0.4) is 0 Å². The summed E-state index contributed by atoms with van der Waals surface area (Å²) in [7, 11) is 0. The van der Waals surface area contributed by atoms with E-state index in [4.69, 9.17) is 0 Å². The number of ether oxygens (including phenoxy) is 1. The summed E-state index contributed by atoms with van der Waals surface area (Å²) in [4.78, 5) is 11.2. The fourth-order valence-electron chi connectivity index (χ4n) is 1.77. The fraction of sp³-hybridized carbons (Fsp3) is 0.133. The van der Waals surface area contributed by atoms with Gasteiger partial charge in [0.15, 0.2) is 0 Å². The molecule has 3 heteroatoms. The zero-order chi connectivity index (χ0) is 13.0. The number of halogens is 1. The van der Waals surface area contributed by atoms with Crippen LogP contribution in [0.5, 0.6) is 0 Å². The monoisotopic (exact) mass is 244 g/mol. The minimum atomic E-state index is -0.926. The van der Waals surface area contributed by atoms with Crippen LogP contribution in [0.4, 0.5) is 4.39 Å². The maximum absolute atomic E-state index is 13.6. The number of hydrogen-bond acceptors (Lipinski definition) is 2. The number of carbonyl (C=O) groups excluding carboxylic acids is 1. The van der Waals surface area contributed by atoms with Crippen molar-refractivity contribution in [3.05, 3.63) is 53.9 Å². The van der Waals surface area contributed by atoms with E-state index < -0.39 is 11.8 Å². The van der Waals surface area contributed by atoms with Gasteiger partial charge >= 0.3 is 5.97 Å². The molecule has 0 fully saturated rings. The first kappa shape index (κ1) is 12.3. The molecule has 2 aromatic carbocycles. The van der Waals surface area contributed by atoms with Crippen LogP contribution in [0.2, 0.25) is 0 Å². The molecule has 0 radical (unpaired) electrons. The Morgan fingerprint density at radius 3 is 2.72 bits per heavy atom. The number of esters is 1. The summed E-state index contributed by atoms with van der Waals surface area (Å²) in [6.07, 6.45) is 1.21. The van der Waals surface area contributed by atoms with E-state index in [1.165, 1.54) is 6.08 Å². The topological polar surface area (TPSA) is 26.3 Å². The van der Waals surface area contributed by atoms with Gasteiger partial charge in [0, 0.05) is 0 Å². The summed E-state index contributed by atoms with van der Waals surface area (Å²) in [5, 5.41) is 1.90. The summed E-state index contributed by atoms with van der Waals surface area (Å²) in [5.74, 6) is -1.81. The van der Waals surface area contributed by atoms with Gasteiger partial charge in [-0.05, 0) is 29.3 Å². The number of carbonyl (C=O) groups is 1. The van der Waals surface area contributed by atoms with Crippen molar-refractivity contribution < 1.29 is 13.9 Å². The van der Waals surface area contributed by atoms with Crippen LogP contribution < -0.4 is 0 Å². The Bertz CT molecular complexity index is 597. The molecule has 18 heavy (non-hydrogen) atoms. The Hall–Kier alpha value is -2.16. The summed E-state index contributed by atoms with van der Waals surface area (Å²) in [5.41, 5.74) is 0.665. The van der Waals surface area contributed by atoms with Gasteiger partial charge in [-0.25, -0.2) is 4.79 Å². The zero-order valence-corrected chi connectivity index (χ0v) is 10.0. The molecule has 0 saturated carbocycles. The first-order chi connectivity index (χ1) is 8.72. The summed E-state index contributed by atoms with van der Waals surface area (Å²) in [6.45, 7) is 1.80. The van der Waals surface area contributed by atoms with Gasteiger partial charge in [-0.3, -0.25) is 0 Å². The number of benzene rings is 2. The van der Waals surface area contributed by atoms with Crippen molar-refractivity contribution in [2.75, 3.05) is 6.61 Å². The molecular weight excluding hydrogens is 231 g/mol. The molecule has 0 atom stereocenters. The molecule has 0 aliphatic carbocycles. The summed E-state index contributed by atoms with van der Waals surface area (Å²) >= 11 is 0. The second-order valence-corrected chi connectivity index (χ2v) is 3.78. The Morgan fingerprint density at radius 1 is 1.22 bits per heavy atom. The fourth-order valence-corrected chi connectivity index (χ4v) is 1.77. The lowest BCUT2D eigenvalue weighted by Crippen LogP contribution is -2.03. The highest BCUT2D eigenvalue weighted by molar-refractivity contribution is 5.96. The molecule has 0 saturated heterocycles. The van der Waals surface area contributed by atoms with Gasteiger partial charge in [0.05, 0.1) is 6.61 Å². The molecule has 0 heterocycles. The quantitative estimate of drug-likeness (QED) is 0.607. The third-order valence-electron chi connectivity index (χ3n) is 2.58. The lowest BCUT2D eigenvalue weighted by atomic mass is 10.0. The Balaban J connectivity index is 2.43. The molecular formula is C15H13FO2. The average Bonchev–Trinajstić information content (AvgIpc) is 2.39. The molecule has 2 nitrogen and oxygen atoms in total. The number of fused-ring (bicyclic) bond motifs is 1. The first-order valence-electron chi connectivity index (χ1n) is 5.74. The third-order valence-corrected chi connectivity index (χ3v) is 2.58. The largest absolute Gasteiger partial charge is 0.461 e. The number of hydrogen-bond donors (Lipinski definition) is 0.